The fourth-order valence-corrected chi connectivity index (χ4v) is 4.39. The normalized spacial score (nSPS) is 21.8. The van der Waals surface area contributed by atoms with Crippen molar-refractivity contribution in [3.05, 3.63) is 22.5 Å². The molecule has 0 aromatic carbocycles. The van der Waals surface area contributed by atoms with Crippen molar-refractivity contribution in [3.8, 4) is 0 Å². The van der Waals surface area contributed by atoms with Crippen LogP contribution in [0.4, 0.5) is 0 Å². The lowest BCUT2D eigenvalue weighted by molar-refractivity contribution is 0.539. The summed E-state index contributed by atoms with van der Waals surface area (Å²) in [7, 11) is 0. The first kappa shape index (κ1) is 12.9. The monoisotopic (exact) mass is 250 g/mol. The third kappa shape index (κ3) is 2.10. The Hall–Kier alpha value is -0.570. The molecule has 2 rings (SSSR count). The minimum Gasteiger partial charge on any atom is -0.160 e. The van der Waals surface area contributed by atoms with E-state index in [4.69, 9.17) is 0 Å². The van der Waals surface area contributed by atoms with E-state index in [1.807, 2.05) is 11.8 Å². The van der Waals surface area contributed by atoms with Gasteiger partial charge >= 0.3 is 0 Å². The summed E-state index contributed by atoms with van der Waals surface area (Å²) in [5, 5.41) is 8.67. The quantitative estimate of drug-likeness (QED) is 0.706. The molecular weight excluding hydrogens is 228 g/mol. The van der Waals surface area contributed by atoms with Gasteiger partial charge in [-0.15, -0.1) is 0 Å². The Bertz CT molecular complexity index is 409. The molecule has 17 heavy (non-hydrogen) atoms. The number of aryl methyl sites for hydroxylation is 2. The van der Waals surface area contributed by atoms with Gasteiger partial charge in [-0.1, -0.05) is 27.7 Å². The Morgan fingerprint density at radius 3 is 1.53 bits per heavy atom. The molecule has 0 unspecified atom stereocenters. The van der Waals surface area contributed by atoms with Crippen LogP contribution >= 0.6 is 11.8 Å². The molecule has 0 aliphatic carbocycles. The molecule has 3 heteroatoms. The van der Waals surface area contributed by atoms with E-state index >= 15 is 0 Å². The third-order valence-corrected chi connectivity index (χ3v) is 5.45. The number of thioether (sulfide) groups is 1. The average Bonchev–Trinajstić information content (AvgIpc) is 2.28. The molecule has 0 saturated carbocycles. The first-order valence-corrected chi connectivity index (χ1v) is 7.34. The molecule has 1 aromatic heterocycles. The van der Waals surface area contributed by atoms with Gasteiger partial charge in [0.2, 0.25) is 0 Å². The van der Waals surface area contributed by atoms with Crippen LogP contribution in [-0.4, -0.2) is 21.7 Å². The first-order chi connectivity index (χ1) is 7.76. The molecule has 0 spiro atoms. The zero-order chi connectivity index (χ0) is 12.8. The molecule has 0 saturated heterocycles. The van der Waals surface area contributed by atoms with Crippen LogP contribution in [0.15, 0.2) is 0 Å². The zero-order valence-corrected chi connectivity index (χ0v) is 12.5. The van der Waals surface area contributed by atoms with Crippen molar-refractivity contribution in [1.82, 2.24) is 10.2 Å². The van der Waals surface area contributed by atoms with Crippen molar-refractivity contribution in [1.29, 1.82) is 0 Å². The number of hydrogen-bond acceptors (Lipinski definition) is 3. The molecule has 0 amide bonds. The van der Waals surface area contributed by atoms with Gasteiger partial charge in [0.05, 0.1) is 11.4 Å². The summed E-state index contributed by atoms with van der Waals surface area (Å²) in [6, 6.07) is 0. The van der Waals surface area contributed by atoms with Gasteiger partial charge in [-0.25, -0.2) is 0 Å². The molecule has 0 fully saturated rings. The molecule has 1 aliphatic rings. The third-order valence-electron chi connectivity index (χ3n) is 3.60. The van der Waals surface area contributed by atoms with Crippen LogP contribution in [0.25, 0.3) is 0 Å². The van der Waals surface area contributed by atoms with Gasteiger partial charge in [0.15, 0.2) is 0 Å². The van der Waals surface area contributed by atoms with Crippen LogP contribution in [0.3, 0.4) is 0 Å². The molecule has 0 bridgehead atoms. The van der Waals surface area contributed by atoms with E-state index in [0.29, 0.717) is 0 Å². The molecule has 0 atom stereocenters. The number of hydrogen-bond donors (Lipinski definition) is 0. The van der Waals surface area contributed by atoms with E-state index in [9.17, 15) is 0 Å². The second kappa shape index (κ2) is 3.98. The lowest BCUT2D eigenvalue weighted by Gasteiger charge is -2.31. The summed E-state index contributed by atoms with van der Waals surface area (Å²) >= 11 is 2.05. The minimum absolute atomic E-state index is 0.193. The molecular formula is C14H22N2S. The van der Waals surface area contributed by atoms with Crippen LogP contribution in [0, 0.1) is 13.8 Å². The van der Waals surface area contributed by atoms with Crippen LogP contribution in [0.5, 0.6) is 0 Å². The SMILES string of the molecule is Cc1nnc(C)c2c1C(C)(C)CSCC2(C)C. The summed E-state index contributed by atoms with van der Waals surface area (Å²) in [5.74, 6) is 2.32. The lowest BCUT2D eigenvalue weighted by Crippen LogP contribution is -2.28. The smallest absolute Gasteiger partial charge is 0.0641 e. The van der Waals surface area contributed by atoms with Gasteiger partial charge in [-0.3, -0.25) is 0 Å². The van der Waals surface area contributed by atoms with Crippen molar-refractivity contribution in [2.75, 3.05) is 11.5 Å². The van der Waals surface area contributed by atoms with E-state index < -0.39 is 0 Å². The summed E-state index contributed by atoms with van der Waals surface area (Å²) in [4.78, 5) is 0. The lowest BCUT2D eigenvalue weighted by atomic mass is 9.74. The van der Waals surface area contributed by atoms with Gasteiger partial charge < -0.3 is 0 Å². The maximum Gasteiger partial charge on any atom is 0.0641 e. The molecule has 94 valence electrons. The van der Waals surface area contributed by atoms with E-state index in [0.717, 1.165) is 22.9 Å². The van der Waals surface area contributed by atoms with Crippen LogP contribution < -0.4 is 0 Å². The van der Waals surface area contributed by atoms with Crippen molar-refractivity contribution in [3.63, 3.8) is 0 Å². The molecule has 2 heterocycles. The maximum atomic E-state index is 4.34. The van der Waals surface area contributed by atoms with Gasteiger partial charge in [0, 0.05) is 22.3 Å². The standard InChI is InChI=1S/C14H22N2S/c1-9-11-12(10(2)16-15-9)14(5,6)8-17-7-13(11,3)4/h7-8H2,1-6H3. The Morgan fingerprint density at radius 2 is 1.18 bits per heavy atom. The van der Waals surface area contributed by atoms with E-state index in [-0.39, 0.29) is 10.8 Å². The van der Waals surface area contributed by atoms with Crippen LogP contribution in [0.1, 0.15) is 50.2 Å². The first-order valence-electron chi connectivity index (χ1n) is 6.18. The Morgan fingerprint density at radius 1 is 0.824 bits per heavy atom. The average molecular weight is 250 g/mol. The Kier molecular flexibility index (Phi) is 3.01. The number of aromatic nitrogens is 2. The number of rotatable bonds is 0. The highest BCUT2D eigenvalue weighted by atomic mass is 32.2. The summed E-state index contributed by atoms with van der Waals surface area (Å²) in [5.41, 5.74) is 5.45. The molecule has 1 aromatic rings. The van der Waals surface area contributed by atoms with E-state index in [1.165, 1.54) is 11.1 Å². The summed E-state index contributed by atoms with van der Waals surface area (Å²) in [6.45, 7) is 13.5. The molecule has 1 aliphatic heterocycles. The summed E-state index contributed by atoms with van der Waals surface area (Å²) in [6.07, 6.45) is 0. The van der Waals surface area contributed by atoms with Gasteiger partial charge in [0.1, 0.15) is 0 Å². The van der Waals surface area contributed by atoms with Gasteiger partial charge in [-0.05, 0) is 25.0 Å². The van der Waals surface area contributed by atoms with Gasteiger partial charge in [0.25, 0.3) is 0 Å². The molecule has 2 nitrogen and oxygen atoms in total. The van der Waals surface area contributed by atoms with Crippen molar-refractivity contribution in [2.24, 2.45) is 0 Å². The van der Waals surface area contributed by atoms with Crippen LogP contribution in [0.2, 0.25) is 0 Å². The summed E-state index contributed by atoms with van der Waals surface area (Å²) < 4.78 is 0. The van der Waals surface area contributed by atoms with E-state index in [1.54, 1.807) is 0 Å². The number of fused-ring (bicyclic) bond motifs is 1. The molecule has 0 radical (unpaired) electrons. The zero-order valence-electron chi connectivity index (χ0n) is 11.7. The predicted octanol–water partition coefficient (Wildman–Crippen LogP) is 3.40. The van der Waals surface area contributed by atoms with Crippen molar-refractivity contribution in [2.45, 2.75) is 52.4 Å². The van der Waals surface area contributed by atoms with Gasteiger partial charge in [-0.2, -0.15) is 22.0 Å². The highest BCUT2D eigenvalue weighted by Crippen LogP contribution is 2.43. The van der Waals surface area contributed by atoms with E-state index in [2.05, 4.69) is 51.7 Å². The Labute approximate surface area is 109 Å². The topological polar surface area (TPSA) is 25.8 Å². The number of nitrogens with zero attached hydrogens (tertiary/aromatic N) is 2. The Balaban J connectivity index is 2.79. The maximum absolute atomic E-state index is 4.34. The second-order valence-corrected chi connectivity index (χ2v) is 7.37. The minimum atomic E-state index is 0.193. The highest BCUT2D eigenvalue weighted by Gasteiger charge is 2.37. The van der Waals surface area contributed by atoms with Crippen molar-refractivity contribution >= 4 is 11.8 Å². The largest absolute Gasteiger partial charge is 0.160 e. The van der Waals surface area contributed by atoms with Crippen LogP contribution in [-0.2, 0) is 10.8 Å². The highest BCUT2D eigenvalue weighted by molar-refractivity contribution is 7.99. The fourth-order valence-electron chi connectivity index (χ4n) is 2.97. The molecule has 0 N–H and O–H groups in total. The second-order valence-electron chi connectivity index (χ2n) is 6.38. The fraction of sp³-hybridized carbons (Fsp3) is 0.714. The van der Waals surface area contributed by atoms with Crippen molar-refractivity contribution < 1.29 is 0 Å². The predicted molar refractivity (Wildman–Crippen MR) is 74.9 cm³/mol.